The van der Waals surface area contributed by atoms with Crippen molar-refractivity contribution in [2.75, 3.05) is 5.48 Å². The molecule has 0 radical (unpaired) electrons. The van der Waals surface area contributed by atoms with E-state index in [2.05, 4.69) is 10.3 Å². The maximum absolute atomic E-state index is 10.7. The predicted octanol–water partition coefficient (Wildman–Crippen LogP) is 1.67. The monoisotopic (exact) mass is 181 g/mol. The van der Waals surface area contributed by atoms with E-state index in [9.17, 15) is 9.90 Å². The highest BCUT2D eigenvalue weighted by molar-refractivity contribution is 5.70. The lowest BCUT2D eigenvalue weighted by molar-refractivity contribution is -0.140. The zero-order chi connectivity index (χ0) is 9.68. The molecule has 1 aromatic carbocycles. The van der Waals surface area contributed by atoms with E-state index in [4.69, 9.17) is 0 Å². The van der Waals surface area contributed by atoms with E-state index in [1.54, 1.807) is 25.1 Å². The van der Waals surface area contributed by atoms with E-state index in [0.29, 0.717) is 12.1 Å². The summed E-state index contributed by atoms with van der Waals surface area (Å²) < 4.78 is 0. The van der Waals surface area contributed by atoms with Gasteiger partial charge in [0.1, 0.15) is 11.4 Å². The van der Waals surface area contributed by atoms with E-state index in [0.717, 1.165) is 0 Å². The Hall–Kier alpha value is -1.71. The molecule has 13 heavy (non-hydrogen) atoms. The smallest absolute Gasteiger partial charge is 0.331 e. The molecule has 1 aromatic rings. The lowest BCUT2D eigenvalue weighted by atomic mass is 10.3. The van der Waals surface area contributed by atoms with Gasteiger partial charge in [-0.2, -0.15) is 0 Å². The summed E-state index contributed by atoms with van der Waals surface area (Å²) >= 11 is 0. The van der Waals surface area contributed by atoms with Crippen LogP contribution in [-0.2, 0) is 9.63 Å². The van der Waals surface area contributed by atoms with Crippen LogP contribution < -0.4 is 5.48 Å². The van der Waals surface area contributed by atoms with Crippen LogP contribution in [0.15, 0.2) is 24.3 Å². The second-order valence-electron chi connectivity index (χ2n) is 2.45. The van der Waals surface area contributed by atoms with E-state index in [1.165, 1.54) is 6.07 Å². The average molecular weight is 181 g/mol. The molecule has 0 saturated carbocycles. The molecule has 4 nitrogen and oxygen atoms in total. The van der Waals surface area contributed by atoms with Crippen LogP contribution >= 0.6 is 0 Å². The van der Waals surface area contributed by atoms with Gasteiger partial charge in [0.15, 0.2) is 0 Å². The highest BCUT2D eigenvalue weighted by Gasteiger charge is 2.01. The summed E-state index contributed by atoms with van der Waals surface area (Å²) in [5.41, 5.74) is 2.74. The molecule has 0 aliphatic rings. The van der Waals surface area contributed by atoms with Crippen molar-refractivity contribution in [2.45, 2.75) is 13.3 Å². The minimum absolute atomic E-state index is 0.0476. The topological polar surface area (TPSA) is 58.6 Å². The van der Waals surface area contributed by atoms with Crippen LogP contribution in [0.25, 0.3) is 0 Å². The summed E-state index contributed by atoms with van der Waals surface area (Å²) in [5, 5.41) is 9.24. The maximum atomic E-state index is 10.7. The second-order valence-corrected chi connectivity index (χ2v) is 2.45. The minimum Gasteiger partial charge on any atom is -0.506 e. The average Bonchev–Trinajstić information content (AvgIpc) is 2.16. The van der Waals surface area contributed by atoms with Crippen molar-refractivity contribution in [2.24, 2.45) is 0 Å². The Kier molecular flexibility index (Phi) is 3.14. The number of hydrogen-bond acceptors (Lipinski definition) is 4. The molecule has 70 valence electrons. The molecule has 0 aliphatic carbocycles. The van der Waals surface area contributed by atoms with Gasteiger partial charge in [0.05, 0.1) is 0 Å². The van der Waals surface area contributed by atoms with E-state index < -0.39 is 0 Å². The van der Waals surface area contributed by atoms with Crippen LogP contribution in [0.2, 0.25) is 0 Å². The van der Waals surface area contributed by atoms with Gasteiger partial charge in [-0.15, -0.1) is 0 Å². The largest absolute Gasteiger partial charge is 0.506 e. The molecule has 0 bridgehead atoms. The number of para-hydroxylation sites is 2. The first-order valence-corrected chi connectivity index (χ1v) is 3.97. The SMILES string of the molecule is CCC(=O)ONc1ccccc1O. The standard InChI is InChI=1S/C9H11NO3/c1-2-9(12)13-10-7-5-3-4-6-8(7)11/h3-6,10-11H,2H2,1H3. The fourth-order valence-corrected chi connectivity index (χ4v) is 0.744. The summed E-state index contributed by atoms with van der Waals surface area (Å²) in [6.07, 6.45) is 0.292. The maximum Gasteiger partial charge on any atom is 0.331 e. The Labute approximate surface area is 76.1 Å². The fraction of sp³-hybridized carbons (Fsp3) is 0.222. The van der Waals surface area contributed by atoms with Gasteiger partial charge in [-0.3, -0.25) is 0 Å². The number of hydrogen-bond donors (Lipinski definition) is 2. The van der Waals surface area contributed by atoms with Gasteiger partial charge in [-0.25, -0.2) is 10.3 Å². The van der Waals surface area contributed by atoms with Crippen LogP contribution in [0.3, 0.4) is 0 Å². The van der Waals surface area contributed by atoms with E-state index in [-0.39, 0.29) is 11.7 Å². The van der Waals surface area contributed by atoms with Crippen molar-refractivity contribution in [1.29, 1.82) is 0 Å². The summed E-state index contributed by atoms with van der Waals surface area (Å²) in [6, 6.07) is 6.52. The minimum atomic E-state index is -0.372. The van der Waals surface area contributed by atoms with E-state index >= 15 is 0 Å². The summed E-state index contributed by atoms with van der Waals surface area (Å²) in [6.45, 7) is 1.69. The molecule has 0 spiro atoms. The van der Waals surface area contributed by atoms with Crippen molar-refractivity contribution >= 4 is 11.7 Å². The number of rotatable bonds is 3. The summed E-state index contributed by atoms with van der Waals surface area (Å²) in [4.78, 5) is 15.3. The lowest BCUT2D eigenvalue weighted by Crippen LogP contribution is -2.08. The van der Waals surface area contributed by atoms with Gasteiger partial charge in [-0.05, 0) is 12.1 Å². The highest BCUT2D eigenvalue weighted by Crippen LogP contribution is 2.21. The van der Waals surface area contributed by atoms with Crippen LogP contribution in [0.4, 0.5) is 5.69 Å². The van der Waals surface area contributed by atoms with Crippen molar-refractivity contribution in [3.8, 4) is 5.75 Å². The van der Waals surface area contributed by atoms with Crippen LogP contribution in [0.5, 0.6) is 5.75 Å². The van der Waals surface area contributed by atoms with Crippen molar-refractivity contribution in [3.05, 3.63) is 24.3 Å². The van der Waals surface area contributed by atoms with Crippen LogP contribution in [-0.4, -0.2) is 11.1 Å². The Morgan fingerprint density at radius 2 is 2.23 bits per heavy atom. The molecule has 0 aromatic heterocycles. The van der Waals surface area contributed by atoms with Crippen molar-refractivity contribution in [1.82, 2.24) is 0 Å². The molecule has 0 heterocycles. The molecule has 0 amide bonds. The summed E-state index contributed by atoms with van der Waals surface area (Å²) in [5.74, 6) is -0.324. The number of phenolic OH excluding ortho intramolecular Hbond substituents is 1. The zero-order valence-electron chi connectivity index (χ0n) is 7.28. The molecule has 4 heteroatoms. The molecular formula is C9H11NO3. The van der Waals surface area contributed by atoms with Crippen LogP contribution in [0.1, 0.15) is 13.3 Å². The van der Waals surface area contributed by atoms with Gasteiger partial charge in [0.25, 0.3) is 0 Å². The Balaban J connectivity index is 2.54. The number of nitrogens with one attached hydrogen (secondary N) is 1. The number of anilines is 1. The first kappa shape index (κ1) is 9.38. The van der Waals surface area contributed by atoms with Gasteiger partial charge in [0.2, 0.25) is 0 Å². The Morgan fingerprint density at radius 3 is 2.85 bits per heavy atom. The highest BCUT2D eigenvalue weighted by atomic mass is 16.7. The van der Waals surface area contributed by atoms with Gasteiger partial charge < -0.3 is 9.94 Å². The quantitative estimate of drug-likeness (QED) is 0.550. The molecule has 0 atom stereocenters. The van der Waals surface area contributed by atoms with Gasteiger partial charge in [0, 0.05) is 6.42 Å². The lowest BCUT2D eigenvalue weighted by Gasteiger charge is -2.06. The fourth-order valence-electron chi connectivity index (χ4n) is 0.744. The molecule has 0 aliphatic heterocycles. The number of carbonyl (C=O) groups is 1. The number of benzene rings is 1. The molecule has 0 saturated heterocycles. The first-order chi connectivity index (χ1) is 6.24. The zero-order valence-corrected chi connectivity index (χ0v) is 7.28. The molecule has 0 unspecified atom stereocenters. The van der Waals surface area contributed by atoms with Crippen molar-refractivity contribution < 1.29 is 14.7 Å². The number of phenols is 1. The number of carbonyl (C=O) groups excluding carboxylic acids is 1. The second kappa shape index (κ2) is 4.35. The molecule has 0 fully saturated rings. The van der Waals surface area contributed by atoms with Crippen molar-refractivity contribution in [3.63, 3.8) is 0 Å². The Bertz CT molecular complexity index is 299. The molecule has 2 N–H and O–H groups in total. The number of aromatic hydroxyl groups is 1. The third-order valence-corrected chi connectivity index (χ3v) is 1.47. The van der Waals surface area contributed by atoms with Gasteiger partial charge in [-0.1, -0.05) is 19.1 Å². The predicted molar refractivity (Wildman–Crippen MR) is 48.1 cm³/mol. The van der Waals surface area contributed by atoms with Crippen LogP contribution in [0, 0.1) is 0 Å². The van der Waals surface area contributed by atoms with Gasteiger partial charge >= 0.3 is 5.97 Å². The Morgan fingerprint density at radius 1 is 1.54 bits per heavy atom. The third-order valence-electron chi connectivity index (χ3n) is 1.47. The third kappa shape index (κ3) is 2.66. The summed E-state index contributed by atoms with van der Waals surface area (Å²) in [7, 11) is 0. The molecular weight excluding hydrogens is 170 g/mol. The first-order valence-electron chi connectivity index (χ1n) is 3.97. The van der Waals surface area contributed by atoms with E-state index in [1.807, 2.05) is 0 Å². The normalized spacial score (nSPS) is 9.31. The molecule has 1 rings (SSSR count).